The molecule has 0 radical (unpaired) electrons. The molecule has 1 N–H and O–H groups in total. The minimum Gasteiger partial charge on any atom is -0.511 e. The van der Waals surface area contributed by atoms with Crippen molar-refractivity contribution in [1.82, 2.24) is 0 Å². The highest BCUT2D eigenvalue weighted by molar-refractivity contribution is 8.09. The highest BCUT2D eigenvalue weighted by Crippen LogP contribution is 2.40. The number of hydrogen-bond donors (Lipinski definition) is 1. The number of aliphatic hydroxyl groups excluding tert-OH is 1. The van der Waals surface area contributed by atoms with E-state index in [1.165, 1.54) is 6.07 Å². The zero-order valence-electron chi connectivity index (χ0n) is 18.0. The van der Waals surface area contributed by atoms with Crippen LogP contribution in [0.1, 0.15) is 44.1 Å². The summed E-state index contributed by atoms with van der Waals surface area (Å²) in [6.45, 7) is 1.82. The van der Waals surface area contributed by atoms with Gasteiger partial charge in [-0.1, -0.05) is 37.3 Å². The molecular weight excluding hydrogens is 454 g/mol. The minimum absolute atomic E-state index is 0.0139. The van der Waals surface area contributed by atoms with E-state index in [-0.39, 0.29) is 42.1 Å². The van der Waals surface area contributed by atoms with Gasteiger partial charge in [-0.05, 0) is 29.4 Å². The summed E-state index contributed by atoms with van der Waals surface area (Å²) in [5.74, 6) is -1.49. The molecule has 0 fully saturated rings. The summed E-state index contributed by atoms with van der Waals surface area (Å²) in [4.78, 5) is 24.9. The molecular formula is C22H25NO7S2. The lowest BCUT2D eigenvalue weighted by Gasteiger charge is -2.26. The SMILES string of the molecule is CCCC(=O)C1=C(O)CC(c2ccc(N(S(C)(=O)=O)S(C)(=O)=O)c3ccccc23)CC1=O. The fourth-order valence-electron chi connectivity index (χ4n) is 4.21. The van der Waals surface area contributed by atoms with Crippen LogP contribution in [0.2, 0.25) is 0 Å². The molecule has 172 valence electrons. The Morgan fingerprint density at radius 1 is 1.00 bits per heavy atom. The second-order valence-electron chi connectivity index (χ2n) is 7.97. The van der Waals surface area contributed by atoms with Gasteiger partial charge in [0.2, 0.25) is 20.0 Å². The molecule has 0 bridgehead atoms. The van der Waals surface area contributed by atoms with Crippen LogP contribution in [0.15, 0.2) is 47.7 Å². The monoisotopic (exact) mass is 479 g/mol. The first kappa shape index (κ1) is 23.9. The zero-order chi connectivity index (χ0) is 23.8. The molecule has 0 aliphatic heterocycles. The number of benzene rings is 2. The number of nitrogens with zero attached hydrogens (tertiary/aromatic N) is 1. The first-order chi connectivity index (χ1) is 14.9. The van der Waals surface area contributed by atoms with Crippen LogP contribution in [-0.4, -0.2) is 46.0 Å². The molecule has 0 saturated heterocycles. The highest BCUT2D eigenvalue weighted by Gasteiger charge is 2.34. The molecule has 3 rings (SSSR count). The molecule has 1 aliphatic carbocycles. The second-order valence-corrected chi connectivity index (χ2v) is 11.9. The largest absolute Gasteiger partial charge is 0.511 e. The molecule has 1 unspecified atom stereocenters. The maximum Gasteiger partial charge on any atom is 0.245 e. The van der Waals surface area contributed by atoms with Crippen molar-refractivity contribution in [3.8, 4) is 0 Å². The molecule has 0 amide bonds. The van der Waals surface area contributed by atoms with Crippen molar-refractivity contribution in [1.29, 1.82) is 0 Å². The van der Waals surface area contributed by atoms with Gasteiger partial charge in [0.25, 0.3) is 0 Å². The number of sulfonamides is 2. The van der Waals surface area contributed by atoms with Gasteiger partial charge in [-0.15, -0.1) is 0 Å². The molecule has 2 aromatic rings. The number of ketones is 2. The lowest BCUT2D eigenvalue weighted by atomic mass is 9.79. The smallest absolute Gasteiger partial charge is 0.245 e. The zero-order valence-corrected chi connectivity index (χ0v) is 19.7. The molecule has 2 aromatic carbocycles. The molecule has 1 aliphatic rings. The number of rotatable bonds is 7. The van der Waals surface area contributed by atoms with Gasteiger partial charge >= 0.3 is 0 Å². The normalized spacial score (nSPS) is 17.6. The van der Waals surface area contributed by atoms with Crippen LogP contribution in [-0.2, 0) is 29.6 Å². The summed E-state index contributed by atoms with van der Waals surface area (Å²) < 4.78 is 49.5. The molecule has 0 heterocycles. The molecule has 8 nitrogen and oxygen atoms in total. The first-order valence-corrected chi connectivity index (χ1v) is 13.8. The average Bonchev–Trinajstić information content (AvgIpc) is 2.65. The van der Waals surface area contributed by atoms with Gasteiger partial charge in [-0.2, -0.15) is 3.71 Å². The number of hydrogen-bond acceptors (Lipinski definition) is 7. The first-order valence-electron chi connectivity index (χ1n) is 10.1. The summed E-state index contributed by atoms with van der Waals surface area (Å²) in [6, 6.07) is 9.66. The van der Waals surface area contributed by atoms with Crippen LogP contribution < -0.4 is 3.71 Å². The Morgan fingerprint density at radius 2 is 1.59 bits per heavy atom. The highest BCUT2D eigenvalue weighted by atomic mass is 32.3. The summed E-state index contributed by atoms with van der Waals surface area (Å²) in [5, 5.41) is 11.4. The van der Waals surface area contributed by atoms with E-state index in [9.17, 15) is 31.5 Å². The lowest BCUT2D eigenvalue weighted by molar-refractivity contribution is -0.122. The molecule has 32 heavy (non-hydrogen) atoms. The number of carbonyl (C=O) groups excluding carboxylic acids is 2. The van der Waals surface area contributed by atoms with Crippen LogP contribution in [0.25, 0.3) is 10.8 Å². The van der Waals surface area contributed by atoms with Crippen molar-refractivity contribution < 1.29 is 31.5 Å². The Balaban J connectivity index is 2.15. The Kier molecular flexibility index (Phi) is 6.48. The second kappa shape index (κ2) is 8.67. The number of anilines is 1. The lowest BCUT2D eigenvalue weighted by Crippen LogP contribution is -2.35. The summed E-state index contributed by atoms with van der Waals surface area (Å²) >= 11 is 0. The van der Waals surface area contributed by atoms with E-state index in [1.807, 2.05) is 6.92 Å². The molecule has 10 heteroatoms. The standard InChI is InChI=1S/C22H25NO7S2/c1-4-7-19(24)22-20(25)12-14(13-21(22)26)15-10-11-18(17-9-6-5-8-16(15)17)23(31(2,27)28)32(3,29)30/h5-6,8-11,14,25H,4,7,12-13H2,1-3H3. The summed E-state index contributed by atoms with van der Waals surface area (Å²) in [5.41, 5.74) is 0.507. The molecule has 0 saturated carbocycles. The van der Waals surface area contributed by atoms with Crippen LogP contribution in [0.3, 0.4) is 0 Å². The van der Waals surface area contributed by atoms with Crippen LogP contribution >= 0.6 is 0 Å². The van der Waals surface area contributed by atoms with Crippen molar-refractivity contribution in [3.63, 3.8) is 0 Å². The number of aliphatic hydroxyl groups is 1. The van der Waals surface area contributed by atoms with E-state index in [0.29, 0.717) is 26.5 Å². The number of fused-ring (bicyclic) bond motifs is 1. The molecule has 1 atom stereocenters. The quantitative estimate of drug-likeness (QED) is 0.604. The maximum absolute atomic E-state index is 12.7. The van der Waals surface area contributed by atoms with E-state index in [0.717, 1.165) is 12.5 Å². The molecule has 0 aromatic heterocycles. The average molecular weight is 480 g/mol. The van der Waals surface area contributed by atoms with Crippen LogP contribution in [0.4, 0.5) is 5.69 Å². The summed E-state index contributed by atoms with van der Waals surface area (Å²) in [7, 11) is -8.28. The number of Topliss-reactive ketones (excluding diaryl/α,β-unsaturated/α-hetero) is 2. The third kappa shape index (κ3) is 4.56. The van der Waals surface area contributed by atoms with Gasteiger partial charge in [0, 0.05) is 24.6 Å². The van der Waals surface area contributed by atoms with Gasteiger partial charge in [-0.25, -0.2) is 16.8 Å². The predicted octanol–water partition coefficient (Wildman–Crippen LogP) is 3.19. The van der Waals surface area contributed by atoms with E-state index in [1.54, 1.807) is 30.3 Å². The Hall–Kier alpha value is -2.72. The van der Waals surface area contributed by atoms with Crippen molar-refractivity contribution in [3.05, 3.63) is 53.3 Å². The van der Waals surface area contributed by atoms with Gasteiger partial charge in [-0.3, -0.25) is 9.59 Å². The van der Waals surface area contributed by atoms with E-state index >= 15 is 0 Å². The van der Waals surface area contributed by atoms with E-state index in [2.05, 4.69) is 0 Å². The summed E-state index contributed by atoms with van der Waals surface area (Å²) in [6.07, 6.45) is 2.47. The van der Waals surface area contributed by atoms with Crippen LogP contribution in [0.5, 0.6) is 0 Å². The van der Waals surface area contributed by atoms with Crippen LogP contribution in [0, 0.1) is 0 Å². The Bertz CT molecular complexity index is 1310. The third-order valence-electron chi connectivity index (χ3n) is 5.37. The predicted molar refractivity (Wildman–Crippen MR) is 123 cm³/mol. The minimum atomic E-state index is -4.14. The topological polar surface area (TPSA) is 126 Å². The van der Waals surface area contributed by atoms with Gasteiger partial charge in [0.1, 0.15) is 5.76 Å². The van der Waals surface area contributed by atoms with E-state index in [4.69, 9.17) is 0 Å². The Morgan fingerprint density at radius 3 is 2.12 bits per heavy atom. The number of allylic oxidation sites excluding steroid dienone is 2. The van der Waals surface area contributed by atoms with E-state index < -0.39 is 31.7 Å². The third-order valence-corrected chi connectivity index (χ3v) is 8.59. The van der Waals surface area contributed by atoms with Gasteiger partial charge in [0.05, 0.1) is 23.8 Å². The van der Waals surface area contributed by atoms with Crippen molar-refractivity contribution >= 4 is 48.1 Å². The number of carbonyl (C=O) groups is 2. The maximum atomic E-state index is 12.7. The van der Waals surface area contributed by atoms with Crippen molar-refractivity contribution in [2.75, 3.05) is 16.2 Å². The fraction of sp³-hybridized carbons (Fsp3) is 0.364. The van der Waals surface area contributed by atoms with Crippen molar-refractivity contribution in [2.45, 2.75) is 38.5 Å². The fourth-order valence-corrected chi connectivity index (χ4v) is 7.21. The Labute approximate surface area is 187 Å². The van der Waals surface area contributed by atoms with Gasteiger partial charge in [0.15, 0.2) is 11.6 Å². The van der Waals surface area contributed by atoms with Crippen molar-refractivity contribution in [2.24, 2.45) is 0 Å². The molecule has 0 spiro atoms. The van der Waals surface area contributed by atoms with Gasteiger partial charge < -0.3 is 5.11 Å².